The van der Waals surface area contributed by atoms with Gasteiger partial charge in [-0.05, 0) is 34.0 Å². The first-order valence-corrected chi connectivity index (χ1v) is 4.35. The largest absolute Gasteiger partial charge is 0.206 e. The molecule has 0 aromatic heterocycles. The summed E-state index contributed by atoms with van der Waals surface area (Å²) in [6, 6.07) is 6.86. The van der Waals surface area contributed by atoms with Crippen molar-refractivity contribution in [3.8, 4) is 6.07 Å². The number of benzene rings is 1. The van der Waals surface area contributed by atoms with Gasteiger partial charge in [-0.25, -0.2) is 4.39 Å². The molecule has 0 amide bonds. The first-order valence-electron chi connectivity index (χ1n) is 3.55. The third-order valence-corrected chi connectivity index (χ3v) is 2.43. The maximum absolute atomic E-state index is 12.9. The van der Waals surface area contributed by atoms with E-state index in [-0.39, 0.29) is 5.82 Å². The van der Waals surface area contributed by atoms with Crippen molar-refractivity contribution in [2.24, 2.45) is 0 Å². The Morgan fingerprint density at radius 3 is 2.92 bits per heavy atom. The van der Waals surface area contributed by atoms with E-state index < -0.39 is 0 Å². The Balaban J connectivity index is 2.86. The Bertz CT molecular complexity index is 317. The zero-order chi connectivity index (χ0) is 8.97. The third kappa shape index (κ3) is 2.05. The second-order valence-electron chi connectivity index (χ2n) is 2.37. The van der Waals surface area contributed by atoms with Gasteiger partial charge in [0.05, 0.1) is 10.5 Å². The van der Waals surface area contributed by atoms with Crippen molar-refractivity contribution in [1.29, 1.82) is 5.26 Å². The van der Waals surface area contributed by atoms with Gasteiger partial charge in [-0.15, -0.1) is 0 Å². The Hall–Kier alpha value is -0.880. The van der Waals surface area contributed by atoms with E-state index in [0.717, 1.165) is 5.56 Å². The highest BCUT2D eigenvalue weighted by atomic mass is 79.9. The fraction of sp³-hybridized carbons (Fsp3) is 0.222. The van der Waals surface area contributed by atoms with Gasteiger partial charge in [-0.3, -0.25) is 0 Å². The molecule has 1 rings (SSSR count). The second-order valence-corrected chi connectivity index (χ2v) is 3.16. The molecule has 0 saturated heterocycles. The summed E-state index contributed by atoms with van der Waals surface area (Å²) < 4.78 is 13.3. The summed E-state index contributed by atoms with van der Waals surface area (Å²) in [6.45, 7) is 0. The van der Waals surface area contributed by atoms with Crippen LogP contribution < -0.4 is 0 Å². The lowest BCUT2D eigenvalue weighted by Crippen LogP contribution is -1.88. The molecule has 0 fully saturated rings. The lowest BCUT2D eigenvalue weighted by molar-refractivity contribution is 0.618. The monoisotopic (exact) mass is 227 g/mol. The number of halogens is 2. The Kier molecular flexibility index (Phi) is 3.24. The van der Waals surface area contributed by atoms with Crippen LogP contribution in [0, 0.1) is 17.1 Å². The Morgan fingerprint density at radius 1 is 1.50 bits per heavy atom. The van der Waals surface area contributed by atoms with E-state index in [0.29, 0.717) is 17.3 Å². The summed E-state index contributed by atoms with van der Waals surface area (Å²) in [7, 11) is 0. The van der Waals surface area contributed by atoms with Gasteiger partial charge >= 0.3 is 0 Å². The molecule has 0 N–H and O–H groups in total. The van der Waals surface area contributed by atoms with Gasteiger partial charge in [0.25, 0.3) is 0 Å². The zero-order valence-electron chi connectivity index (χ0n) is 6.35. The lowest BCUT2D eigenvalue weighted by atomic mass is 10.1. The van der Waals surface area contributed by atoms with Gasteiger partial charge in [0.2, 0.25) is 0 Å². The summed E-state index contributed by atoms with van der Waals surface area (Å²) >= 11 is 3.13. The van der Waals surface area contributed by atoms with Crippen molar-refractivity contribution in [2.45, 2.75) is 12.8 Å². The standard InChI is InChI=1S/C9H7BrFN/c10-9-7(4-2-6-12)3-1-5-8(9)11/h1,3,5H,2,4H2. The van der Waals surface area contributed by atoms with Crippen LogP contribution in [-0.4, -0.2) is 0 Å². The summed E-state index contributed by atoms with van der Waals surface area (Å²) in [5, 5.41) is 8.33. The van der Waals surface area contributed by atoms with Crippen molar-refractivity contribution in [1.82, 2.24) is 0 Å². The molecular weight excluding hydrogens is 221 g/mol. The van der Waals surface area contributed by atoms with E-state index in [2.05, 4.69) is 15.9 Å². The molecule has 12 heavy (non-hydrogen) atoms. The maximum Gasteiger partial charge on any atom is 0.137 e. The molecule has 0 radical (unpaired) electrons. The van der Waals surface area contributed by atoms with Gasteiger partial charge in [0.1, 0.15) is 5.82 Å². The van der Waals surface area contributed by atoms with E-state index in [1.807, 2.05) is 12.1 Å². The second kappa shape index (κ2) is 4.22. The third-order valence-electron chi connectivity index (χ3n) is 1.54. The van der Waals surface area contributed by atoms with Crippen LogP contribution in [-0.2, 0) is 6.42 Å². The van der Waals surface area contributed by atoms with Crippen molar-refractivity contribution < 1.29 is 4.39 Å². The number of nitrogens with zero attached hydrogens (tertiary/aromatic N) is 1. The summed E-state index contributed by atoms with van der Waals surface area (Å²) in [5.41, 5.74) is 0.844. The molecule has 0 aliphatic rings. The Labute approximate surface area is 79.0 Å². The molecule has 0 bridgehead atoms. The first kappa shape index (κ1) is 9.21. The lowest BCUT2D eigenvalue weighted by Gasteiger charge is -2.01. The number of nitriles is 1. The summed E-state index contributed by atoms with van der Waals surface area (Å²) in [6.07, 6.45) is 1.01. The molecule has 0 heterocycles. The predicted octanol–water partition coefficient (Wildman–Crippen LogP) is 3.04. The number of hydrogen-bond acceptors (Lipinski definition) is 1. The normalized spacial score (nSPS) is 9.42. The molecule has 0 atom stereocenters. The van der Waals surface area contributed by atoms with Crippen LogP contribution in [0.5, 0.6) is 0 Å². The van der Waals surface area contributed by atoms with E-state index in [1.165, 1.54) is 6.07 Å². The van der Waals surface area contributed by atoms with E-state index in [4.69, 9.17) is 5.26 Å². The van der Waals surface area contributed by atoms with Crippen LogP contribution in [0.25, 0.3) is 0 Å². The highest BCUT2D eigenvalue weighted by Crippen LogP contribution is 2.21. The van der Waals surface area contributed by atoms with Gasteiger partial charge < -0.3 is 0 Å². The van der Waals surface area contributed by atoms with Gasteiger partial charge in [0.15, 0.2) is 0 Å². The van der Waals surface area contributed by atoms with Crippen molar-refractivity contribution >= 4 is 15.9 Å². The number of aryl methyl sites for hydroxylation is 1. The van der Waals surface area contributed by atoms with Crippen LogP contribution in [0.3, 0.4) is 0 Å². The fourth-order valence-electron chi connectivity index (χ4n) is 0.932. The minimum atomic E-state index is -0.273. The van der Waals surface area contributed by atoms with Crippen LogP contribution >= 0.6 is 15.9 Å². The van der Waals surface area contributed by atoms with Crippen LogP contribution in [0.15, 0.2) is 22.7 Å². The maximum atomic E-state index is 12.9. The van der Waals surface area contributed by atoms with Crippen LogP contribution in [0.4, 0.5) is 4.39 Å². The molecule has 0 unspecified atom stereocenters. The average Bonchev–Trinajstić information content (AvgIpc) is 2.08. The van der Waals surface area contributed by atoms with Crippen molar-refractivity contribution in [3.05, 3.63) is 34.1 Å². The topological polar surface area (TPSA) is 23.8 Å². The molecule has 1 nitrogen and oxygen atoms in total. The van der Waals surface area contributed by atoms with Gasteiger partial charge in [-0.2, -0.15) is 5.26 Å². The Morgan fingerprint density at radius 2 is 2.25 bits per heavy atom. The molecule has 62 valence electrons. The average molecular weight is 228 g/mol. The highest BCUT2D eigenvalue weighted by Gasteiger charge is 2.03. The van der Waals surface area contributed by atoms with Gasteiger partial charge in [-0.1, -0.05) is 12.1 Å². The molecule has 0 saturated carbocycles. The van der Waals surface area contributed by atoms with E-state index in [9.17, 15) is 4.39 Å². The number of hydrogen-bond donors (Lipinski definition) is 0. The summed E-state index contributed by atoms with van der Waals surface area (Å²) in [5.74, 6) is -0.273. The van der Waals surface area contributed by atoms with E-state index in [1.54, 1.807) is 6.07 Å². The molecule has 1 aromatic carbocycles. The predicted molar refractivity (Wildman–Crippen MR) is 48.0 cm³/mol. The molecule has 0 aliphatic carbocycles. The minimum absolute atomic E-state index is 0.273. The highest BCUT2D eigenvalue weighted by molar-refractivity contribution is 9.10. The SMILES string of the molecule is N#CCCc1cccc(F)c1Br. The summed E-state index contributed by atoms with van der Waals surface area (Å²) in [4.78, 5) is 0. The number of rotatable bonds is 2. The molecule has 0 spiro atoms. The smallest absolute Gasteiger partial charge is 0.137 e. The molecular formula is C9H7BrFN. The van der Waals surface area contributed by atoms with Crippen LogP contribution in [0.2, 0.25) is 0 Å². The molecule has 1 aromatic rings. The zero-order valence-corrected chi connectivity index (χ0v) is 7.94. The molecule has 3 heteroatoms. The van der Waals surface area contributed by atoms with Gasteiger partial charge in [0, 0.05) is 6.42 Å². The van der Waals surface area contributed by atoms with E-state index >= 15 is 0 Å². The van der Waals surface area contributed by atoms with Crippen molar-refractivity contribution in [2.75, 3.05) is 0 Å². The molecule has 0 aliphatic heterocycles. The fourth-order valence-corrected chi connectivity index (χ4v) is 1.39. The first-order chi connectivity index (χ1) is 5.75. The van der Waals surface area contributed by atoms with Crippen molar-refractivity contribution in [3.63, 3.8) is 0 Å². The quantitative estimate of drug-likeness (QED) is 0.763. The minimum Gasteiger partial charge on any atom is -0.206 e. The van der Waals surface area contributed by atoms with Crippen LogP contribution in [0.1, 0.15) is 12.0 Å².